The van der Waals surface area contributed by atoms with Gasteiger partial charge in [0.1, 0.15) is 0 Å². The summed E-state index contributed by atoms with van der Waals surface area (Å²) in [7, 11) is 0. The summed E-state index contributed by atoms with van der Waals surface area (Å²) in [6.07, 6.45) is 9.32. The highest BCUT2D eigenvalue weighted by Crippen LogP contribution is 2.29. The SMILES string of the molecule is SCC(S)[CH]CC1CCCC1. The summed E-state index contributed by atoms with van der Waals surface area (Å²) >= 11 is 8.56. The van der Waals surface area contributed by atoms with Crippen LogP contribution in [0.4, 0.5) is 0 Å². The van der Waals surface area contributed by atoms with Crippen molar-refractivity contribution in [3.05, 3.63) is 6.42 Å². The Labute approximate surface area is 81.0 Å². The average molecular weight is 189 g/mol. The van der Waals surface area contributed by atoms with Crippen molar-refractivity contribution in [2.24, 2.45) is 5.92 Å². The predicted octanol–water partition coefficient (Wildman–Crippen LogP) is 3.00. The van der Waals surface area contributed by atoms with Gasteiger partial charge >= 0.3 is 0 Å². The van der Waals surface area contributed by atoms with Crippen molar-refractivity contribution in [1.82, 2.24) is 0 Å². The molecule has 65 valence electrons. The quantitative estimate of drug-likeness (QED) is 0.624. The van der Waals surface area contributed by atoms with E-state index in [1.807, 2.05) is 0 Å². The van der Waals surface area contributed by atoms with Gasteiger partial charge in [0.25, 0.3) is 0 Å². The van der Waals surface area contributed by atoms with E-state index in [0.29, 0.717) is 5.25 Å². The van der Waals surface area contributed by atoms with Crippen LogP contribution in [0.3, 0.4) is 0 Å². The van der Waals surface area contributed by atoms with Gasteiger partial charge in [0.05, 0.1) is 0 Å². The van der Waals surface area contributed by atoms with Crippen LogP contribution in [0.1, 0.15) is 32.1 Å². The Bertz CT molecular complexity index is 97.7. The van der Waals surface area contributed by atoms with Gasteiger partial charge in [0, 0.05) is 11.0 Å². The van der Waals surface area contributed by atoms with Gasteiger partial charge in [-0.25, -0.2) is 0 Å². The minimum absolute atomic E-state index is 0.402. The zero-order chi connectivity index (χ0) is 8.10. The lowest BCUT2D eigenvalue weighted by molar-refractivity contribution is 0.535. The predicted molar refractivity (Wildman–Crippen MR) is 57.5 cm³/mol. The summed E-state index contributed by atoms with van der Waals surface area (Å²) in [6.45, 7) is 0. The molecule has 0 spiro atoms. The van der Waals surface area contributed by atoms with Gasteiger partial charge in [-0.1, -0.05) is 25.7 Å². The molecule has 0 saturated heterocycles. The highest BCUT2D eigenvalue weighted by molar-refractivity contribution is 7.84. The fourth-order valence-corrected chi connectivity index (χ4v) is 1.94. The first-order chi connectivity index (χ1) is 5.33. The number of rotatable bonds is 4. The summed E-state index contributed by atoms with van der Waals surface area (Å²) in [5, 5.41) is 0.402. The van der Waals surface area contributed by atoms with Gasteiger partial charge in [0.15, 0.2) is 0 Å². The van der Waals surface area contributed by atoms with E-state index < -0.39 is 0 Å². The smallest absolute Gasteiger partial charge is 0.0136 e. The van der Waals surface area contributed by atoms with E-state index in [1.165, 1.54) is 32.1 Å². The van der Waals surface area contributed by atoms with Crippen LogP contribution in [0.15, 0.2) is 0 Å². The molecule has 1 rings (SSSR count). The normalized spacial score (nSPS) is 22.4. The molecule has 0 aromatic rings. The maximum absolute atomic E-state index is 4.37. The van der Waals surface area contributed by atoms with Crippen LogP contribution in [0.2, 0.25) is 0 Å². The largest absolute Gasteiger partial charge is 0.178 e. The third-order valence-electron chi connectivity index (χ3n) is 2.40. The van der Waals surface area contributed by atoms with Gasteiger partial charge < -0.3 is 0 Å². The van der Waals surface area contributed by atoms with Crippen molar-refractivity contribution in [1.29, 1.82) is 0 Å². The van der Waals surface area contributed by atoms with E-state index in [4.69, 9.17) is 0 Å². The molecule has 0 aromatic carbocycles. The Morgan fingerprint density at radius 2 is 2.00 bits per heavy atom. The minimum atomic E-state index is 0.402. The molecule has 0 nitrogen and oxygen atoms in total. The molecule has 1 aliphatic carbocycles. The highest BCUT2D eigenvalue weighted by Gasteiger charge is 2.15. The van der Waals surface area contributed by atoms with Crippen molar-refractivity contribution in [3.8, 4) is 0 Å². The maximum atomic E-state index is 4.37. The zero-order valence-corrected chi connectivity index (χ0v) is 8.66. The van der Waals surface area contributed by atoms with Crippen molar-refractivity contribution >= 4 is 25.3 Å². The van der Waals surface area contributed by atoms with Crippen molar-refractivity contribution in [2.75, 3.05) is 5.75 Å². The van der Waals surface area contributed by atoms with Crippen LogP contribution in [0, 0.1) is 12.3 Å². The first-order valence-corrected chi connectivity index (χ1v) is 5.60. The average Bonchev–Trinajstić information content (AvgIpc) is 2.52. The van der Waals surface area contributed by atoms with Gasteiger partial charge in [0.2, 0.25) is 0 Å². The molecule has 1 unspecified atom stereocenters. The zero-order valence-electron chi connectivity index (χ0n) is 6.87. The molecule has 1 atom stereocenters. The van der Waals surface area contributed by atoms with Gasteiger partial charge in [-0.3, -0.25) is 0 Å². The summed E-state index contributed by atoms with van der Waals surface area (Å²) in [6, 6.07) is 0. The Morgan fingerprint density at radius 1 is 1.36 bits per heavy atom. The third-order valence-corrected chi connectivity index (χ3v) is 3.48. The molecule has 0 amide bonds. The molecule has 0 N–H and O–H groups in total. The number of hydrogen-bond acceptors (Lipinski definition) is 2. The molecule has 0 aliphatic heterocycles. The molecule has 1 fully saturated rings. The fourth-order valence-electron chi connectivity index (χ4n) is 1.67. The topological polar surface area (TPSA) is 0 Å². The molecule has 2 heteroatoms. The second kappa shape index (κ2) is 5.36. The van der Waals surface area contributed by atoms with E-state index in [1.54, 1.807) is 0 Å². The summed E-state index contributed by atoms with van der Waals surface area (Å²) < 4.78 is 0. The van der Waals surface area contributed by atoms with Crippen molar-refractivity contribution in [2.45, 2.75) is 37.4 Å². The summed E-state index contributed by atoms with van der Waals surface area (Å²) in [5.74, 6) is 1.83. The lowest BCUT2D eigenvalue weighted by atomic mass is 10.0. The molecule has 11 heavy (non-hydrogen) atoms. The molecule has 0 aromatic heterocycles. The Kier molecular flexibility index (Phi) is 4.77. The van der Waals surface area contributed by atoms with Crippen LogP contribution in [-0.2, 0) is 0 Å². The minimum Gasteiger partial charge on any atom is -0.178 e. The Balaban J connectivity index is 2.01. The number of hydrogen-bond donors (Lipinski definition) is 2. The van der Waals surface area contributed by atoms with Gasteiger partial charge in [-0.15, -0.1) is 0 Å². The van der Waals surface area contributed by atoms with E-state index in [-0.39, 0.29) is 0 Å². The second-order valence-corrected chi connectivity index (χ2v) is 4.40. The number of thiol groups is 2. The lowest BCUT2D eigenvalue weighted by Gasteiger charge is -2.10. The van der Waals surface area contributed by atoms with Gasteiger partial charge in [-0.05, 0) is 18.8 Å². The van der Waals surface area contributed by atoms with E-state index in [0.717, 1.165) is 11.7 Å². The van der Waals surface area contributed by atoms with Gasteiger partial charge in [-0.2, -0.15) is 25.3 Å². The summed E-state index contributed by atoms with van der Waals surface area (Å²) in [4.78, 5) is 0. The maximum Gasteiger partial charge on any atom is 0.0136 e. The Hall–Kier alpha value is 0.700. The highest BCUT2D eigenvalue weighted by atomic mass is 32.1. The molecular weight excluding hydrogens is 172 g/mol. The molecule has 0 heterocycles. The molecule has 0 bridgehead atoms. The first kappa shape index (κ1) is 9.79. The third kappa shape index (κ3) is 3.75. The van der Waals surface area contributed by atoms with Crippen LogP contribution < -0.4 is 0 Å². The first-order valence-electron chi connectivity index (χ1n) is 4.45. The standard InChI is InChI=1S/C9H17S2/c10-7-9(11)6-5-8-3-1-2-4-8/h6,8-11H,1-5,7H2. The van der Waals surface area contributed by atoms with E-state index in [9.17, 15) is 0 Å². The monoisotopic (exact) mass is 189 g/mol. The summed E-state index contributed by atoms with van der Waals surface area (Å²) in [5.41, 5.74) is 0. The molecule has 1 aliphatic rings. The van der Waals surface area contributed by atoms with Crippen LogP contribution in [-0.4, -0.2) is 11.0 Å². The molecule has 1 radical (unpaired) electrons. The van der Waals surface area contributed by atoms with E-state index in [2.05, 4.69) is 31.7 Å². The van der Waals surface area contributed by atoms with E-state index >= 15 is 0 Å². The fraction of sp³-hybridized carbons (Fsp3) is 0.889. The Morgan fingerprint density at radius 3 is 2.55 bits per heavy atom. The molecular formula is C9H17S2. The lowest BCUT2D eigenvalue weighted by Crippen LogP contribution is -2.04. The van der Waals surface area contributed by atoms with Crippen LogP contribution in [0.25, 0.3) is 0 Å². The van der Waals surface area contributed by atoms with Crippen molar-refractivity contribution in [3.63, 3.8) is 0 Å². The molecule has 1 saturated carbocycles. The van der Waals surface area contributed by atoms with Crippen molar-refractivity contribution < 1.29 is 0 Å². The second-order valence-electron chi connectivity index (χ2n) is 3.37. The van der Waals surface area contributed by atoms with Crippen LogP contribution >= 0.6 is 25.3 Å². The van der Waals surface area contributed by atoms with Crippen LogP contribution in [0.5, 0.6) is 0 Å².